The molecule has 0 aliphatic heterocycles. The molecule has 0 bridgehead atoms. The van der Waals surface area contributed by atoms with Crippen LogP contribution in [-0.2, 0) is 6.54 Å². The van der Waals surface area contributed by atoms with Crippen LogP contribution in [-0.4, -0.2) is 23.8 Å². The topological polar surface area (TPSA) is 36.3 Å². The number of imidazole rings is 1. The fourth-order valence-electron chi connectivity index (χ4n) is 2.59. The lowest BCUT2D eigenvalue weighted by molar-refractivity contribution is 0.397. The summed E-state index contributed by atoms with van der Waals surface area (Å²) in [6.45, 7) is 4.51. The highest BCUT2D eigenvalue weighted by Gasteiger charge is 2.17. The highest BCUT2D eigenvalue weighted by Crippen LogP contribution is 2.34. The maximum Gasteiger partial charge on any atom is 0.148 e. The van der Waals surface area contributed by atoms with Crippen molar-refractivity contribution in [2.75, 3.05) is 14.2 Å². The van der Waals surface area contributed by atoms with Crippen molar-refractivity contribution in [2.24, 2.45) is 0 Å². The lowest BCUT2D eigenvalue weighted by Gasteiger charge is -2.10. The predicted molar refractivity (Wildman–Crippen MR) is 88.5 cm³/mol. The molecular formula is C18H18N2O2. The van der Waals surface area contributed by atoms with Crippen LogP contribution in [0, 0.1) is 0 Å². The molecule has 0 aliphatic carbocycles. The minimum atomic E-state index is 0.656. The Balaban J connectivity index is 2.33. The Morgan fingerprint density at radius 2 is 1.91 bits per heavy atom. The number of benzene rings is 2. The largest absolute Gasteiger partial charge is 0.497 e. The van der Waals surface area contributed by atoms with Gasteiger partial charge in [-0.25, -0.2) is 4.98 Å². The maximum atomic E-state index is 5.53. The van der Waals surface area contributed by atoms with Gasteiger partial charge in [-0.1, -0.05) is 36.4 Å². The molecule has 0 fully saturated rings. The summed E-state index contributed by atoms with van der Waals surface area (Å²) >= 11 is 0. The molecule has 0 N–H and O–H groups in total. The Labute approximate surface area is 129 Å². The molecule has 4 nitrogen and oxygen atoms in total. The summed E-state index contributed by atoms with van der Waals surface area (Å²) in [6.07, 6.45) is 1.86. The third kappa shape index (κ3) is 2.33. The summed E-state index contributed by atoms with van der Waals surface area (Å²) in [7, 11) is 3.29. The molecule has 3 rings (SSSR count). The van der Waals surface area contributed by atoms with Gasteiger partial charge in [-0.05, 0) is 0 Å². The molecule has 0 amide bonds. The lowest BCUT2D eigenvalue weighted by atomic mass is 10.2. The first-order valence-electron chi connectivity index (χ1n) is 7.07. The standard InChI is InChI=1S/C18H18N2O2/c1-4-10-20-17-15(11-14(21-2)12-16(17)22-3)19-18(20)13-8-6-5-7-9-13/h4-9,11-12H,1,10H2,2-3H3. The lowest BCUT2D eigenvalue weighted by Crippen LogP contribution is -2.00. The van der Waals surface area contributed by atoms with Crippen LogP contribution in [0.5, 0.6) is 11.5 Å². The van der Waals surface area contributed by atoms with Gasteiger partial charge in [0.2, 0.25) is 0 Å². The molecular weight excluding hydrogens is 276 g/mol. The van der Waals surface area contributed by atoms with Crippen LogP contribution in [0.25, 0.3) is 22.4 Å². The molecule has 0 atom stereocenters. The number of methoxy groups -OCH3 is 2. The average molecular weight is 294 g/mol. The van der Waals surface area contributed by atoms with Gasteiger partial charge in [0.1, 0.15) is 22.8 Å². The number of allylic oxidation sites excluding steroid dienone is 1. The summed E-state index contributed by atoms with van der Waals surface area (Å²) in [5, 5.41) is 0. The minimum Gasteiger partial charge on any atom is -0.497 e. The molecule has 112 valence electrons. The maximum absolute atomic E-state index is 5.53. The number of ether oxygens (including phenoxy) is 2. The third-order valence-corrected chi connectivity index (χ3v) is 3.58. The highest BCUT2D eigenvalue weighted by molar-refractivity contribution is 5.87. The van der Waals surface area contributed by atoms with E-state index < -0.39 is 0 Å². The van der Waals surface area contributed by atoms with Crippen molar-refractivity contribution >= 4 is 11.0 Å². The SMILES string of the molecule is C=CCn1c(-c2ccccc2)nc2cc(OC)cc(OC)c21. The van der Waals surface area contributed by atoms with E-state index in [4.69, 9.17) is 14.5 Å². The zero-order valence-corrected chi connectivity index (χ0v) is 12.7. The summed E-state index contributed by atoms with van der Waals surface area (Å²) in [4.78, 5) is 4.77. The van der Waals surface area contributed by atoms with E-state index >= 15 is 0 Å². The smallest absolute Gasteiger partial charge is 0.148 e. The number of hydrogen-bond donors (Lipinski definition) is 0. The molecule has 1 aromatic heterocycles. The van der Waals surface area contributed by atoms with Gasteiger partial charge < -0.3 is 14.0 Å². The van der Waals surface area contributed by atoms with E-state index in [1.807, 2.05) is 48.5 Å². The van der Waals surface area contributed by atoms with Gasteiger partial charge in [-0.15, -0.1) is 6.58 Å². The van der Waals surface area contributed by atoms with E-state index in [-0.39, 0.29) is 0 Å². The monoisotopic (exact) mass is 294 g/mol. The predicted octanol–water partition coefficient (Wildman–Crippen LogP) is 3.91. The van der Waals surface area contributed by atoms with E-state index in [2.05, 4.69) is 11.1 Å². The van der Waals surface area contributed by atoms with Gasteiger partial charge in [-0.3, -0.25) is 0 Å². The Hall–Kier alpha value is -2.75. The summed E-state index contributed by atoms with van der Waals surface area (Å²) < 4.78 is 13.0. The Morgan fingerprint density at radius 1 is 1.14 bits per heavy atom. The molecule has 2 aromatic carbocycles. The molecule has 3 aromatic rings. The molecule has 1 heterocycles. The van der Waals surface area contributed by atoms with Gasteiger partial charge in [0, 0.05) is 24.2 Å². The first kappa shape index (κ1) is 14.2. The first-order valence-corrected chi connectivity index (χ1v) is 7.07. The van der Waals surface area contributed by atoms with E-state index in [0.717, 1.165) is 33.9 Å². The number of aromatic nitrogens is 2. The molecule has 0 saturated carbocycles. The zero-order valence-electron chi connectivity index (χ0n) is 12.7. The van der Waals surface area contributed by atoms with Gasteiger partial charge in [0.15, 0.2) is 0 Å². The second-order valence-corrected chi connectivity index (χ2v) is 4.90. The van der Waals surface area contributed by atoms with Gasteiger partial charge in [0.25, 0.3) is 0 Å². The molecule has 22 heavy (non-hydrogen) atoms. The van der Waals surface area contributed by atoms with Gasteiger partial charge >= 0.3 is 0 Å². The van der Waals surface area contributed by atoms with Crippen LogP contribution in [0.4, 0.5) is 0 Å². The first-order chi connectivity index (χ1) is 10.8. The summed E-state index contributed by atoms with van der Waals surface area (Å²) in [5.74, 6) is 2.36. The molecule has 4 heteroatoms. The summed E-state index contributed by atoms with van der Waals surface area (Å²) in [5.41, 5.74) is 2.85. The van der Waals surface area contributed by atoms with Gasteiger partial charge in [-0.2, -0.15) is 0 Å². The average Bonchev–Trinajstić information content (AvgIpc) is 2.93. The quantitative estimate of drug-likeness (QED) is 0.669. The van der Waals surface area contributed by atoms with Crippen molar-refractivity contribution < 1.29 is 9.47 Å². The van der Waals surface area contributed by atoms with Crippen LogP contribution in [0.3, 0.4) is 0 Å². The zero-order chi connectivity index (χ0) is 15.5. The van der Waals surface area contributed by atoms with Crippen molar-refractivity contribution in [2.45, 2.75) is 6.54 Å². The van der Waals surface area contributed by atoms with Crippen LogP contribution >= 0.6 is 0 Å². The third-order valence-electron chi connectivity index (χ3n) is 3.58. The molecule has 0 spiro atoms. The van der Waals surface area contributed by atoms with Crippen molar-refractivity contribution in [1.29, 1.82) is 0 Å². The number of nitrogens with zero attached hydrogens (tertiary/aromatic N) is 2. The van der Waals surface area contributed by atoms with Crippen molar-refractivity contribution in [3.63, 3.8) is 0 Å². The van der Waals surface area contributed by atoms with Crippen LogP contribution in [0.2, 0.25) is 0 Å². The Bertz CT molecular complexity index is 807. The minimum absolute atomic E-state index is 0.656. The second kappa shape index (κ2) is 5.93. The summed E-state index contributed by atoms with van der Waals surface area (Å²) in [6, 6.07) is 13.9. The number of rotatable bonds is 5. The van der Waals surface area contributed by atoms with E-state index in [0.29, 0.717) is 6.54 Å². The molecule has 0 radical (unpaired) electrons. The van der Waals surface area contributed by atoms with E-state index in [1.165, 1.54) is 0 Å². The van der Waals surface area contributed by atoms with Crippen molar-refractivity contribution in [1.82, 2.24) is 9.55 Å². The van der Waals surface area contributed by atoms with E-state index in [1.54, 1.807) is 14.2 Å². The highest BCUT2D eigenvalue weighted by atomic mass is 16.5. The van der Waals surface area contributed by atoms with Crippen molar-refractivity contribution in [3.05, 3.63) is 55.1 Å². The molecule has 0 saturated heterocycles. The Kier molecular flexibility index (Phi) is 3.83. The molecule has 0 aliphatic rings. The number of hydrogen-bond acceptors (Lipinski definition) is 3. The van der Waals surface area contributed by atoms with Crippen LogP contribution in [0.1, 0.15) is 0 Å². The van der Waals surface area contributed by atoms with Gasteiger partial charge in [0.05, 0.1) is 19.7 Å². The van der Waals surface area contributed by atoms with Crippen molar-refractivity contribution in [3.8, 4) is 22.9 Å². The second-order valence-electron chi connectivity index (χ2n) is 4.90. The number of fused-ring (bicyclic) bond motifs is 1. The Morgan fingerprint density at radius 3 is 2.55 bits per heavy atom. The molecule has 0 unspecified atom stereocenters. The normalized spacial score (nSPS) is 10.6. The fraction of sp³-hybridized carbons (Fsp3) is 0.167. The fourth-order valence-corrected chi connectivity index (χ4v) is 2.59. The van der Waals surface area contributed by atoms with Crippen LogP contribution < -0.4 is 9.47 Å². The van der Waals surface area contributed by atoms with Crippen LogP contribution in [0.15, 0.2) is 55.1 Å². The van der Waals surface area contributed by atoms with E-state index in [9.17, 15) is 0 Å².